The van der Waals surface area contributed by atoms with Gasteiger partial charge in [-0.05, 0) is 70.6 Å². The molecule has 0 radical (unpaired) electrons. The largest absolute Gasteiger partial charge is 0.506 e. The lowest BCUT2D eigenvalue weighted by molar-refractivity contribution is -0.123. The van der Waals surface area contributed by atoms with Gasteiger partial charge in [-0.1, -0.05) is 67.6 Å². The molecular weight excluding hydrogens is 536 g/mol. The maximum absolute atomic E-state index is 13.6. The summed E-state index contributed by atoms with van der Waals surface area (Å²) in [6.07, 6.45) is 4.72. The van der Waals surface area contributed by atoms with Crippen molar-refractivity contribution in [2.45, 2.75) is 32.4 Å². The second kappa shape index (κ2) is 12.2. The van der Waals surface area contributed by atoms with E-state index >= 15 is 0 Å². The molecule has 0 aliphatic carbocycles. The fourth-order valence-electron chi connectivity index (χ4n) is 5.53. The number of fused-ring (bicyclic) bond motifs is 2. The molecule has 2 amide bonds. The SMILES string of the molecule is CCc1ccccc1CNC(=O)C(Cc1c[nH]c2ccccc12)NC(=O)c1cccc(-c2cc(O)c3ncccc3c2)c1. The highest BCUT2D eigenvalue weighted by Gasteiger charge is 2.24. The van der Waals surface area contributed by atoms with Crippen LogP contribution >= 0.6 is 0 Å². The Morgan fingerprint density at radius 3 is 2.53 bits per heavy atom. The lowest BCUT2D eigenvalue weighted by Crippen LogP contribution is -2.47. The van der Waals surface area contributed by atoms with Gasteiger partial charge in [0.1, 0.15) is 17.3 Å². The minimum atomic E-state index is -0.806. The van der Waals surface area contributed by atoms with Crippen LogP contribution in [0, 0.1) is 0 Å². The van der Waals surface area contributed by atoms with Crippen LogP contribution in [0.5, 0.6) is 5.75 Å². The third-order valence-corrected chi connectivity index (χ3v) is 7.82. The van der Waals surface area contributed by atoms with Crippen molar-refractivity contribution in [2.75, 3.05) is 0 Å². The van der Waals surface area contributed by atoms with E-state index in [-0.39, 0.29) is 17.6 Å². The van der Waals surface area contributed by atoms with Crippen LogP contribution in [0.4, 0.5) is 0 Å². The molecule has 0 saturated heterocycles. The number of para-hydroxylation sites is 1. The van der Waals surface area contributed by atoms with Crippen molar-refractivity contribution in [1.82, 2.24) is 20.6 Å². The second-order valence-corrected chi connectivity index (χ2v) is 10.6. The summed E-state index contributed by atoms with van der Waals surface area (Å²) in [6, 6.07) is 29.6. The summed E-state index contributed by atoms with van der Waals surface area (Å²) in [5, 5.41) is 18.4. The lowest BCUT2D eigenvalue weighted by atomic mass is 9.99. The molecule has 0 fully saturated rings. The van der Waals surface area contributed by atoms with Crippen molar-refractivity contribution in [3.63, 3.8) is 0 Å². The van der Waals surface area contributed by atoms with Crippen LogP contribution in [0.3, 0.4) is 0 Å². The minimum Gasteiger partial charge on any atom is -0.506 e. The van der Waals surface area contributed by atoms with E-state index in [2.05, 4.69) is 33.6 Å². The summed E-state index contributed by atoms with van der Waals surface area (Å²) in [7, 11) is 0. The third-order valence-electron chi connectivity index (χ3n) is 7.82. The molecule has 2 heterocycles. The first kappa shape index (κ1) is 27.7. The number of hydrogen-bond acceptors (Lipinski definition) is 4. The summed E-state index contributed by atoms with van der Waals surface area (Å²) in [5.74, 6) is -0.543. The Bertz CT molecular complexity index is 1940. The first-order chi connectivity index (χ1) is 21.0. The normalized spacial score (nSPS) is 11.8. The van der Waals surface area contributed by atoms with Gasteiger partial charge < -0.3 is 20.7 Å². The molecule has 4 aromatic carbocycles. The maximum Gasteiger partial charge on any atom is 0.251 e. The Morgan fingerprint density at radius 1 is 0.860 bits per heavy atom. The van der Waals surface area contributed by atoms with Gasteiger partial charge in [0.2, 0.25) is 5.91 Å². The van der Waals surface area contributed by atoms with Crippen molar-refractivity contribution >= 4 is 33.6 Å². The van der Waals surface area contributed by atoms with Gasteiger partial charge in [0, 0.05) is 47.2 Å². The summed E-state index contributed by atoms with van der Waals surface area (Å²) >= 11 is 0. The van der Waals surface area contributed by atoms with Crippen LogP contribution in [-0.4, -0.2) is 32.9 Å². The van der Waals surface area contributed by atoms with Crippen LogP contribution in [0.2, 0.25) is 0 Å². The van der Waals surface area contributed by atoms with Gasteiger partial charge in [0.15, 0.2) is 0 Å². The second-order valence-electron chi connectivity index (χ2n) is 10.6. The average molecular weight is 569 g/mol. The number of aryl methyl sites for hydroxylation is 1. The Labute approximate surface area is 249 Å². The standard InChI is InChI=1S/C36H32N4O3/c1-2-23-9-3-4-10-27(23)21-39-36(43)32(19-29-22-38-31-15-6-5-14-30(29)31)40-35(42)26-12-7-11-24(17-26)28-18-25-13-8-16-37-34(25)33(41)20-28/h3-18,20,22,32,38,41H,2,19,21H2,1H3,(H,39,43)(H,40,42). The maximum atomic E-state index is 13.6. The fraction of sp³-hybridized carbons (Fsp3) is 0.139. The molecule has 7 heteroatoms. The molecule has 2 aromatic heterocycles. The topological polar surface area (TPSA) is 107 Å². The van der Waals surface area contributed by atoms with E-state index in [0.717, 1.165) is 45.0 Å². The third kappa shape index (κ3) is 5.97. The molecule has 6 rings (SSSR count). The van der Waals surface area contributed by atoms with E-state index in [1.54, 1.807) is 30.5 Å². The Morgan fingerprint density at radius 2 is 1.67 bits per heavy atom. The van der Waals surface area contributed by atoms with E-state index in [4.69, 9.17) is 0 Å². The number of aromatic hydroxyl groups is 1. The van der Waals surface area contributed by atoms with Crippen LogP contribution in [-0.2, 0) is 24.2 Å². The van der Waals surface area contributed by atoms with Crippen molar-refractivity contribution in [3.8, 4) is 16.9 Å². The van der Waals surface area contributed by atoms with Crippen LogP contribution in [0.25, 0.3) is 32.9 Å². The molecule has 7 nitrogen and oxygen atoms in total. The molecule has 0 saturated carbocycles. The molecule has 0 aliphatic heterocycles. The van der Waals surface area contributed by atoms with Gasteiger partial charge >= 0.3 is 0 Å². The van der Waals surface area contributed by atoms with Crippen molar-refractivity contribution in [3.05, 3.63) is 132 Å². The summed E-state index contributed by atoms with van der Waals surface area (Å²) in [5.41, 5.74) is 6.60. The predicted octanol–water partition coefficient (Wildman–Crippen LogP) is 6.31. The molecular formula is C36H32N4O3. The number of hydrogen-bond donors (Lipinski definition) is 4. The zero-order valence-electron chi connectivity index (χ0n) is 23.8. The van der Waals surface area contributed by atoms with E-state index in [9.17, 15) is 14.7 Å². The number of amides is 2. The van der Waals surface area contributed by atoms with Crippen molar-refractivity contribution in [1.29, 1.82) is 0 Å². The first-order valence-electron chi connectivity index (χ1n) is 14.4. The van der Waals surface area contributed by atoms with E-state index in [1.165, 1.54) is 5.56 Å². The number of carbonyl (C=O) groups is 2. The van der Waals surface area contributed by atoms with Gasteiger partial charge in [-0.25, -0.2) is 0 Å². The average Bonchev–Trinajstić information content (AvgIpc) is 3.46. The predicted molar refractivity (Wildman–Crippen MR) is 170 cm³/mol. The zero-order chi connectivity index (χ0) is 29.8. The summed E-state index contributed by atoms with van der Waals surface area (Å²) in [6.45, 7) is 2.46. The number of benzene rings is 4. The Hall–Kier alpha value is -5.43. The number of phenolic OH excluding ortho intramolecular Hbond substituents is 1. The monoisotopic (exact) mass is 568 g/mol. The molecule has 4 N–H and O–H groups in total. The summed E-state index contributed by atoms with van der Waals surface area (Å²) in [4.78, 5) is 34.8. The lowest BCUT2D eigenvalue weighted by Gasteiger charge is -2.19. The van der Waals surface area contributed by atoms with E-state index in [1.807, 2.05) is 72.9 Å². The Balaban J connectivity index is 1.26. The number of pyridine rings is 1. The van der Waals surface area contributed by atoms with Gasteiger partial charge in [-0.15, -0.1) is 0 Å². The fourth-order valence-corrected chi connectivity index (χ4v) is 5.53. The number of rotatable bonds is 9. The number of aromatic nitrogens is 2. The molecule has 1 atom stereocenters. The summed E-state index contributed by atoms with van der Waals surface area (Å²) < 4.78 is 0. The first-order valence-corrected chi connectivity index (χ1v) is 14.4. The van der Waals surface area contributed by atoms with Crippen molar-refractivity contribution < 1.29 is 14.7 Å². The minimum absolute atomic E-state index is 0.0723. The van der Waals surface area contributed by atoms with E-state index < -0.39 is 6.04 Å². The van der Waals surface area contributed by atoms with Crippen LogP contribution in [0.15, 0.2) is 109 Å². The quantitative estimate of drug-likeness (QED) is 0.164. The number of nitrogens with zero attached hydrogens (tertiary/aromatic N) is 1. The number of nitrogens with one attached hydrogen (secondary N) is 3. The van der Waals surface area contributed by atoms with Gasteiger partial charge in [-0.2, -0.15) is 0 Å². The number of H-pyrrole nitrogens is 1. The number of aromatic amines is 1. The number of carbonyl (C=O) groups excluding carboxylic acids is 2. The van der Waals surface area contributed by atoms with Gasteiger partial charge in [0.25, 0.3) is 5.91 Å². The Kier molecular flexibility index (Phi) is 7.87. The highest BCUT2D eigenvalue weighted by atomic mass is 16.3. The van der Waals surface area contributed by atoms with Gasteiger partial charge in [0.05, 0.1) is 0 Å². The van der Waals surface area contributed by atoms with Crippen molar-refractivity contribution in [2.24, 2.45) is 0 Å². The smallest absolute Gasteiger partial charge is 0.251 e. The van der Waals surface area contributed by atoms with E-state index in [0.29, 0.717) is 24.0 Å². The highest BCUT2D eigenvalue weighted by Crippen LogP contribution is 2.31. The van der Waals surface area contributed by atoms with Gasteiger partial charge in [-0.3, -0.25) is 14.6 Å². The molecule has 1 unspecified atom stereocenters. The highest BCUT2D eigenvalue weighted by molar-refractivity contribution is 5.99. The molecule has 6 aromatic rings. The molecule has 214 valence electrons. The molecule has 0 bridgehead atoms. The van der Waals surface area contributed by atoms with Crippen LogP contribution < -0.4 is 10.6 Å². The number of phenols is 1. The van der Waals surface area contributed by atoms with Crippen LogP contribution in [0.1, 0.15) is 34.0 Å². The molecule has 43 heavy (non-hydrogen) atoms. The molecule has 0 spiro atoms. The zero-order valence-corrected chi connectivity index (χ0v) is 23.8. The molecule has 0 aliphatic rings.